The normalized spacial score (nSPS) is 21.0. The lowest BCUT2D eigenvalue weighted by Crippen LogP contribution is -2.21. The zero-order valence-electron chi connectivity index (χ0n) is 13.1. The molecule has 0 amide bonds. The molecule has 0 unspecified atom stereocenters. The third-order valence-electron chi connectivity index (χ3n) is 5.27. The Morgan fingerprint density at radius 2 is 1.76 bits per heavy atom. The number of halogens is 1. The van der Waals surface area contributed by atoms with Crippen molar-refractivity contribution in [1.29, 1.82) is 0 Å². The van der Waals surface area contributed by atoms with Crippen LogP contribution in [0.15, 0.2) is 18.2 Å². The third kappa shape index (κ3) is 4.06. The molecule has 0 bridgehead atoms. The number of benzene rings is 1. The van der Waals surface area contributed by atoms with Crippen LogP contribution in [0.5, 0.6) is 0 Å². The van der Waals surface area contributed by atoms with E-state index in [2.05, 4.69) is 11.0 Å². The Morgan fingerprint density at radius 3 is 2.52 bits per heavy atom. The lowest BCUT2D eigenvalue weighted by atomic mass is 9.81. The van der Waals surface area contributed by atoms with Crippen molar-refractivity contribution in [2.45, 2.75) is 63.7 Å². The first-order chi connectivity index (χ1) is 10.3. The van der Waals surface area contributed by atoms with E-state index in [4.69, 9.17) is 0 Å². The zero-order chi connectivity index (χ0) is 14.5. The Labute approximate surface area is 128 Å². The maximum Gasteiger partial charge on any atom is 0.123 e. The Kier molecular flexibility index (Phi) is 5.29. The van der Waals surface area contributed by atoms with Gasteiger partial charge >= 0.3 is 0 Å². The van der Waals surface area contributed by atoms with Gasteiger partial charge in [-0.3, -0.25) is 0 Å². The number of rotatable bonds is 5. The summed E-state index contributed by atoms with van der Waals surface area (Å²) in [7, 11) is 0. The maximum absolute atomic E-state index is 13.6. The fraction of sp³-hybridized carbons (Fsp3) is 0.684. The summed E-state index contributed by atoms with van der Waals surface area (Å²) in [4.78, 5) is 2.56. The van der Waals surface area contributed by atoms with Crippen LogP contribution in [0, 0.1) is 5.82 Å². The standard InChI is InChI=1S/C19H28FN/c20-18-10-11-19(16-7-2-1-3-8-16)17(15-18)9-6-14-21-12-4-5-13-21/h10-11,15-16H,1-9,12-14H2. The smallest absolute Gasteiger partial charge is 0.123 e. The van der Waals surface area contributed by atoms with Crippen LogP contribution >= 0.6 is 0 Å². The molecule has 1 saturated carbocycles. The monoisotopic (exact) mass is 289 g/mol. The Balaban J connectivity index is 1.62. The van der Waals surface area contributed by atoms with Crippen LogP contribution in [0.25, 0.3) is 0 Å². The second-order valence-corrected chi connectivity index (χ2v) is 6.83. The van der Waals surface area contributed by atoms with Crippen LogP contribution < -0.4 is 0 Å². The predicted octanol–water partition coefficient (Wildman–Crippen LogP) is 4.90. The molecule has 0 atom stereocenters. The molecule has 2 fully saturated rings. The molecular weight excluding hydrogens is 261 g/mol. The molecule has 2 heteroatoms. The molecule has 116 valence electrons. The Hall–Kier alpha value is -0.890. The molecule has 0 N–H and O–H groups in total. The van der Waals surface area contributed by atoms with Gasteiger partial charge in [0, 0.05) is 0 Å². The van der Waals surface area contributed by atoms with Crippen LogP contribution in [-0.4, -0.2) is 24.5 Å². The van der Waals surface area contributed by atoms with E-state index < -0.39 is 0 Å². The summed E-state index contributed by atoms with van der Waals surface area (Å²) in [6.45, 7) is 3.71. The van der Waals surface area contributed by atoms with Crippen molar-refractivity contribution < 1.29 is 4.39 Å². The minimum absolute atomic E-state index is 0.0641. The summed E-state index contributed by atoms with van der Waals surface area (Å²) in [5, 5.41) is 0. The summed E-state index contributed by atoms with van der Waals surface area (Å²) in [6.07, 6.45) is 11.6. The molecular formula is C19H28FN. The summed E-state index contributed by atoms with van der Waals surface area (Å²) >= 11 is 0. The van der Waals surface area contributed by atoms with Gasteiger partial charge in [0.15, 0.2) is 0 Å². The molecule has 0 radical (unpaired) electrons. The molecule has 1 nitrogen and oxygen atoms in total. The van der Waals surface area contributed by atoms with E-state index in [9.17, 15) is 4.39 Å². The Morgan fingerprint density at radius 1 is 1.00 bits per heavy atom. The van der Waals surface area contributed by atoms with Gasteiger partial charge in [-0.05, 0) is 87.3 Å². The highest BCUT2D eigenvalue weighted by Gasteiger charge is 2.19. The molecule has 0 aromatic heterocycles. The van der Waals surface area contributed by atoms with Gasteiger partial charge in [-0.2, -0.15) is 0 Å². The van der Waals surface area contributed by atoms with Crippen molar-refractivity contribution in [3.05, 3.63) is 35.1 Å². The molecule has 0 spiro atoms. The zero-order valence-corrected chi connectivity index (χ0v) is 13.1. The van der Waals surface area contributed by atoms with Crippen molar-refractivity contribution in [3.8, 4) is 0 Å². The molecule has 3 rings (SSSR count). The van der Waals surface area contributed by atoms with Crippen LogP contribution in [-0.2, 0) is 6.42 Å². The quantitative estimate of drug-likeness (QED) is 0.745. The van der Waals surface area contributed by atoms with Crippen molar-refractivity contribution in [2.75, 3.05) is 19.6 Å². The second-order valence-electron chi connectivity index (χ2n) is 6.83. The van der Waals surface area contributed by atoms with Crippen LogP contribution in [0.4, 0.5) is 4.39 Å². The SMILES string of the molecule is Fc1ccc(C2CCCCC2)c(CCCN2CCCC2)c1. The number of nitrogens with zero attached hydrogens (tertiary/aromatic N) is 1. The second kappa shape index (κ2) is 7.40. The summed E-state index contributed by atoms with van der Waals surface area (Å²) in [5.74, 6) is 0.617. The highest BCUT2D eigenvalue weighted by molar-refractivity contribution is 5.31. The fourth-order valence-corrected chi connectivity index (χ4v) is 4.10. The van der Waals surface area contributed by atoms with Gasteiger partial charge in [-0.25, -0.2) is 4.39 Å². The molecule has 1 aliphatic heterocycles. The summed E-state index contributed by atoms with van der Waals surface area (Å²) < 4.78 is 13.6. The average Bonchev–Trinajstić information content (AvgIpc) is 3.02. The van der Waals surface area contributed by atoms with E-state index in [1.165, 1.54) is 82.1 Å². The van der Waals surface area contributed by atoms with Crippen LogP contribution in [0.2, 0.25) is 0 Å². The number of hydrogen-bond donors (Lipinski definition) is 0. The van der Waals surface area contributed by atoms with Crippen LogP contribution in [0.3, 0.4) is 0 Å². The average molecular weight is 289 g/mol. The van der Waals surface area contributed by atoms with Gasteiger partial charge < -0.3 is 4.90 Å². The largest absolute Gasteiger partial charge is 0.303 e. The van der Waals surface area contributed by atoms with Gasteiger partial charge in [0.1, 0.15) is 5.82 Å². The van der Waals surface area contributed by atoms with Gasteiger partial charge in [0.25, 0.3) is 0 Å². The Bertz CT molecular complexity index is 445. The van der Waals surface area contributed by atoms with E-state index in [0.29, 0.717) is 5.92 Å². The van der Waals surface area contributed by atoms with Gasteiger partial charge in [0.2, 0.25) is 0 Å². The molecule has 1 aliphatic carbocycles. The molecule has 2 aliphatic rings. The van der Waals surface area contributed by atoms with E-state index in [1.54, 1.807) is 12.1 Å². The van der Waals surface area contributed by atoms with E-state index in [1.807, 2.05) is 0 Å². The van der Waals surface area contributed by atoms with Gasteiger partial charge in [-0.1, -0.05) is 25.3 Å². The van der Waals surface area contributed by atoms with Crippen molar-refractivity contribution in [2.24, 2.45) is 0 Å². The summed E-state index contributed by atoms with van der Waals surface area (Å²) in [5.41, 5.74) is 2.72. The molecule has 1 aromatic carbocycles. The number of likely N-dealkylation sites (tertiary alicyclic amines) is 1. The molecule has 1 heterocycles. The maximum atomic E-state index is 13.6. The first-order valence-electron chi connectivity index (χ1n) is 8.83. The first-order valence-corrected chi connectivity index (χ1v) is 8.83. The molecule has 21 heavy (non-hydrogen) atoms. The van der Waals surface area contributed by atoms with Gasteiger partial charge in [0.05, 0.1) is 0 Å². The van der Waals surface area contributed by atoms with Crippen LogP contribution in [0.1, 0.15) is 68.4 Å². The predicted molar refractivity (Wildman–Crippen MR) is 86.2 cm³/mol. The van der Waals surface area contributed by atoms with Crippen molar-refractivity contribution in [1.82, 2.24) is 4.90 Å². The highest BCUT2D eigenvalue weighted by atomic mass is 19.1. The summed E-state index contributed by atoms with van der Waals surface area (Å²) in [6, 6.07) is 5.53. The number of hydrogen-bond acceptors (Lipinski definition) is 1. The lowest BCUT2D eigenvalue weighted by Gasteiger charge is -2.25. The van der Waals surface area contributed by atoms with E-state index in [-0.39, 0.29) is 5.82 Å². The third-order valence-corrected chi connectivity index (χ3v) is 5.27. The molecule has 1 saturated heterocycles. The van der Waals surface area contributed by atoms with E-state index >= 15 is 0 Å². The van der Waals surface area contributed by atoms with Gasteiger partial charge in [-0.15, -0.1) is 0 Å². The minimum Gasteiger partial charge on any atom is -0.303 e. The molecule has 1 aromatic rings. The lowest BCUT2D eigenvalue weighted by molar-refractivity contribution is 0.333. The van der Waals surface area contributed by atoms with Crippen molar-refractivity contribution >= 4 is 0 Å². The minimum atomic E-state index is -0.0641. The topological polar surface area (TPSA) is 3.24 Å². The van der Waals surface area contributed by atoms with E-state index in [0.717, 1.165) is 6.42 Å². The number of aryl methyl sites for hydroxylation is 1. The first kappa shape index (κ1) is 15.0. The van der Waals surface area contributed by atoms with Crippen molar-refractivity contribution in [3.63, 3.8) is 0 Å². The fourth-order valence-electron chi connectivity index (χ4n) is 4.10. The highest BCUT2D eigenvalue weighted by Crippen LogP contribution is 2.35.